The molecule has 0 spiro atoms. The van der Waals surface area contributed by atoms with Crippen molar-refractivity contribution in [1.82, 2.24) is 0 Å². The van der Waals surface area contributed by atoms with Crippen molar-refractivity contribution in [3.05, 3.63) is 54.1 Å². The highest BCUT2D eigenvalue weighted by molar-refractivity contribution is 7.91. The van der Waals surface area contributed by atoms with Gasteiger partial charge in [0, 0.05) is 25.0 Å². The van der Waals surface area contributed by atoms with Crippen LogP contribution in [-0.2, 0) is 19.7 Å². The Balaban J connectivity index is 2.37. The van der Waals surface area contributed by atoms with Crippen LogP contribution in [0.1, 0.15) is 25.3 Å². The minimum atomic E-state index is -3.58. The van der Waals surface area contributed by atoms with E-state index in [0.29, 0.717) is 18.2 Å². The van der Waals surface area contributed by atoms with Gasteiger partial charge in [-0.2, -0.15) is 0 Å². The van der Waals surface area contributed by atoms with Gasteiger partial charge in [-0.15, -0.1) is 0 Å². The summed E-state index contributed by atoms with van der Waals surface area (Å²) in [5.41, 5.74) is 1.59. The molecular formula is C19H25NO4S2. The van der Waals surface area contributed by atoms with Crippen molar-refractivity contribution in [3.63, 3.8) is 0 Å². The van der Waals surface area contributed by atoms with Gasteiger partial charge in [-0.05, 0) is 29.7 Å². The molecule has 26 heavy (non-hydrogen) atoms. The molecule has 0 fully saturated rings. The van der Waals surface area contributed by atoms with E-state index in [9.17, 15) is 16.8 Å². The smallest absolute Gasteiger partial charge is 0.177 e. The molecule has 0 heterocycles. The molecule has 0 bridgehead atoms. The van der Waals surface area contributed by atoms with Gasteiger partial charge in [0.05, 0.1) is 15.5 Å². The average Bonchev–Trinajstić information content (AvgIpc) is 2.54. The van der Waals surface area contributed by atoms with Gasteiger partial charge in [-0.1, -0.05) is 44.2 Å². The summed E-state index contributed by atoms with van der Waals surface area (Å²) in [6, 6.07) is 14.2. The fraction of sp³-hybridized carbons (Fsp3) is 0.368. The summed E-state index contributed by atoms with van der Waals surface area (Å²) in [7, 11) is -7.06. The molecule has 5 nitrogen and oxygen atoms in total. The standard InChI is InChI=1S/C19H25NO4S2/c1-14(2)17(15-8-6-5-7-9-15)13-20-18-11-10-16(25(3,21)22)12-19(18)26(4,23)24/h5-12,14,17,20H,13H2,1-4H3. The summed E-state index contributed by atoms with van der Waals surface area (Å²) >= 11 is 0. The minimum absolute atomic E-state index is 0.00371. The molecule has 142 valence electrons. The highest BCUT2D eigenvalue weighted by Gasteiger charge is 2.20. The van der Waals surface area contributed by atoms with Crippen LogP contribution >= 0.6 is 0 Å². The van der Waals surface area contributed by atoms with Crippen molar-refractivity contribution < 1.29 is 16.8 Å². The fourth-order valence-corrected chi connectivity index (χ4v) is 4.45. The maximum Gasteiger partial charge on any atom is 0.177 e. The second kappa shape index (κ2) is 7.80. The van der Waals surface area contributed by atoms with Crippen LogP contribution in [0.2, 0.25) is 0 Å². The summed E-state index contributed by atoms with van der Waals surface area (Å²) in [5.74, 6) is 0.542. The van der Waals surface area contributed by atoms with Gasteiger partial charge >= 0.3 is 0 Å². The third kappa shape index (κ3) is 5.08. The topological polar surface area (TPSA) is 80.3 Å². The molecule has 0 aliphatic carbocycles. The van der Waals surface area contributed by atoms with Crippen molar-refractivity contribution in [1.29, 1.82) is 0 Å². The van der Waals surface area contributed by atoms with E-state index in [2.05, 4.69) is 31.3 Å². The molecule has 0 aliphatic heterocycles. The summed E-state index contributed by atoms with van der Waals surface area (Å²) in [4.78, 5) is -0.0112. The first-order valence-corrected chi connectivity index (χ1v) is 12.1. The Morgan fingerprint density at radius 3 is 2.00 bits per heavy atom. The lowest BCUT2D eigenvalue weighted by molar-refractivity contribution is 0.516. The number of hydrogen-bond donors (Lipinski definition) is 1. The number of nitrogens with one attached hydrogen (secondary N) is 1. The Morgan fingerprint density at radius 2 is 1.50 bits per heavy atom. The molecular weight excluding hydrogens is 370 g/mol. The average molecular weight is 396 g/mol. The molecule has 2 aromatic carbocycles. The zero-order valence-electron chi connectivity index (χ0n) is 15.4. The Hall–Kier alpha value is -1.86. The normalized spacial score (nSPS) is 13.6. The fourth-order valence-electron chi connectivity index (χ4n) is 2.84. The van der Waals surface area contributed by atoms with Crippen LogP contribution in [0.5, 0.6) is 0 Å². The molecule has 0 aromatic heterocycles. The number of anilines is 1. The summed E-state index contributed by atoms with van der Waals surface area (Å²) < 4.78 is 47.8. The largest absolute Gasteiger partial charge is 0.383 e. The Morgan fingerprint density at radius 1 is 0.885 bits per heavy atom. The predicted molar refractivity (Wildman–Crippen MR) is 105 cm³/mol. The highest BCUT2D eigenvalue weighted by atomic mass is 32.2. The van der Waals surface area contributed by atoms with Gasteiger partial charge in [-0.25, -0.2) is 16.8 Å². The van der Waals surface area contributed by atoms with Gasteiger partial charge in [-0.3, -0.25) is 0 Å². The van der Waals surface area contributed by atoms with Gasteiger partial charge in [0.25, 0.3) is 0 Å². The van der Waals surface area contributed by atoms with Crippen LogP contribution in [0, 0.1) is 5.92 Å². The predicted octanol–water partition coefficient (Wildman–Crippen LogP) is 3.35. The quantitative estimate of drug-likeness (QED) is 0.778. The molecule has 7 heteroatoms. The molecule has 0 saturated heterocycles. The third-order valence-corrected chi connectivity index (χ3v) is 6.57. The SMILES string of the molecule is CC(C)C(CNc1ccc(S(C)(=O)=O)cc1S(C)(=O)=O)c1ccccc1. The molecule has 2 aromatic rings. The van der Waals surface area contributed by atoms with Crippen LogP contribution < -0.4 is 5.32 Å². The Labute approximate surface area is 156 Å². The molecule has 1 atom stereocenters. The van der Waals surface area contributed by atoms with Gasteiger partial charge < -0.3 is 5.32 Å². The van der Waals surface area contributed by atoms with E-state index in [1.807, 2.05) is 18.2 Å². The number of rotatable bonds is 7. The zero-order valence-corrected chi connectivity index (χ0v) is 17.1. The lowest BCUT2D eigenvalue weighted by atomic mass is 9.88. The van der Waals surface area contributed by atoms with E-state index in [1.165, 1.54) is 23.8 Å². The molecule has 1 N–H and O–H groups in total. The Bertz CT molecular complexity index is 966. The zero-order chi connectivity index (χ0) is 19.5. The van der Waals surface area contributed by atoms with Crippen molar-refractivity contribution >= 4 is 25.4 Å². The first kappa shape index (κ1) is 20.5. The van der Waals surface area contributed by atoms with E-state index in [-0.39, 0.29) is 15.7 Å². The molecule has 0 amide bonds. The molecule has 2 rings (SSSR count). The van der Waals surface area contributed by atoms with E-state index >= 15 is 0 Å². The molecule has 1 unspecified atom stereocenters. The number of sulfone groups is 2. The maximum atomic E-state index is 12.1. The van der Waals surface area contributed by atoms with E-state index in [4.69, 9.17) is 0 Å². The summed E-state index contributed by atoms with van der Waals surface area (Å²) in [6.45, 7) is 4.77. The molecule has 0 radical (unpaired) electrons. The van der Waals surface area contributed by atoms with Gasteiger partial charge in [0.1, 0.15) is 0 Å². The first-order valence-electron chi connectivity index (χ1n) is 8.33. The maximum absolute atomic E-state index is 12.1. The van der Waals surface area contributed by atoms with Crippen LogP contribution in [0.25, 0.3) is 0 Å². The number of hydrogen-bond acceptors (Lipinski definition) is 5. The van der Waals surface area contributed by atoms with E-state index in [1.54, 1.807) is 0 Å². The van der Waals surface area contributed by atoms with Crippen molar-refractivity contribution in [2.24, 2.45) is 5.92 Å². The van der Waals surface area contributed by atoms with Crippen molar-refractivity contribution in [2.75, 3.05) is 24.4 Å². The minimum Gasteiger partial charge on any atom is -0.383 e. The third-order valence-electron chi connectivity index (χ3n) is 4.33. The lowest BCUT2D eigenvalue weighted by Gasteiger charge is -2.23. The van der Waals surface area contributed by atoms with E-state index < -0.39 is 19.7 Å². The first-order chi connectivity index (χ1) is 12.0. The lowest BCUT2D eigenvalue weighted by Crippen LogP contribution is -2.19. The van der Waals surface area contributed by atoms with E-state index in [0.717, 1.165) is 12.5 Å². The second-order valence-corrected chi connectivity index (χ2v) is 10.8. The van der Waals surface area contributed by atoms with Crippen molar-refractivity contribution in [2.45, 2.75) is 29.6 Å². The van der Waals surface area contributed by atoms with Gasteiger partial charge in [0.2, 0.25) is 0 Å². The number of benzene rings is 2. The van der Waals surface area contributed by atoms with Crippen molar-refractivity contribution in [3.8, 4) is 0 Å². The molecule has 0 aliphatic rings. The molecule has 0 saturated carbocycles. The van der Waals surface area contributed by atoms with Gasteiger partial charge in [0.15, 0.2) is 19.7 Å². The van der Waals surface area contributed by atoms with Crippen LogP contribution in [-0.4, -0.2) is 35.9 Å². The summed E-state index contributed by atoms with van der Waals surface area (Å²) in [5, 5.41) is 3.20. The highest BCUT2D eigenvalue weighted by Crippen LogP contribution is 2.28. The Kier molecular flexibility index (Phi) is 6.13. The second-order valence-electron chi connectivity index (χ2n) is 6.84. The van der Waals surface area contributed by atoms with Crippen LogP contribution in [0.15, 0.2) is 58.3 Å². The van der Waals surface area contributed by atoms with Crippen LogP contribution in [0.3, 0.4) is 0 Å². The summed E-state index contributed by atoms with van der Waals surface area (Å²) in [6.07, 6.45) is 2.14. The van der Waals surface area contributed by atoms with Crippen LogP contribution in [0.4, 0.5) is 5.69 Å². The monoisotopic (exact) mass is 395 g/mol.